The molecule has 1 unspecified atom stereocenters. The van der Waals surface area contributed by atoms with Crippen LogP contribution in [-0.2, 0) is 0 Å². The zero-order valence-corrected chi connectivity index (χ0v) is 20.9. The molecule has 176 valence electrons. The van der Waals surface area contributed by atoms with E-state index in [1.54, 1.807) is 19.2 Å². The van der Waals surface area contributed by atoms with Crippen LogP contribution in [0.4, 0.5) is 14.5 Å². The number of alkyl halides is 2. The van der Waals surface area contributed by atoms with Gasteiger partial charge in [0.15, 0.2) is 5.96 Å². The number of halogens is 3. The summed E-state index contributed by atoms with van der Waals surface area (Å²) in [6.07, 6.45) is 4.58. The van der Waals surface area contributed by atoms with Crippen LogP contribution in [0.3, 0.4) is 0 Å². The van der Waals surface area contributed by atoms with Crippen molar-refractivity contribution in [2.75, 3.05) is 51.2 Å². The first-order valence-electron chi connectivity index (χ1n) is 11.1. The molecule has 0 aromatic heterocycles. The van der Waals surface area contributed by atoms with Crippen molar-refractivity contribution in [3.63, 3.8) is 0 Å². The molecule has 0 bridgehead atoms. The third-order valence-electron chi connectivity index (χ3n) is 5.98. The van der Waals surface area contributed by atoms with Crippen LogP contribution < -0.4 is 20.3 Å². The van der Waals surface area contributed by atoms with Crippen LogP contribution in [0.15, 0.2) is 29.3 Å². The summed E-state index contributed by atoms with van der Waals surface area (Å²) in [6, 6.07) is 7.20. The first-order chi connectivity index (χ1) is 14.6. The van der Waals surface area contributed by atoms with Crippen LogP contribution >= 0.6 is 24.0 Å². The van der Waals surface area contributed by atoms with Crippen LogP contribution in [-0.4, -0.2) is 69.8 Å². The first-order valence-corrected chi connectivity index (χ1v) is 11.1. The van der Waals surface area contributed by atoms with Gasteiger partial charge in [0.1, 0.15) is 5.75 Å². The van der Waals surface area contributed by atoms with Crippen molar-refractivity contribution in [3.8, 4) is 5.75 Å². The maximum absolute atomic E-state index is 12.7. The Hall–Kier alpha value is -1.36. The number of nitrogens with one attached hydrogen (secondary N) is 2. The largest absolute Gasteiger partial charge is 0.433 e. The third kappa shape index (κ3) is 7.93. The highest BCUT2D eigenvalue weighted by atomic mass is 127. The fraction of sp³-hybridized carbons (Fsp3) is 0.682. The lowest BCUT2D eigenvalue weighted by molar-refractivity contribution is -0.0495. The molecule has 3 rings (SSSR count). The predicted octanol–water partition coefficient (Wildman–Crippen LogP) is 3.77. The molecule has 2 N–H and O–H groups in total. The molecule has 6 nitrogen and oxygen atoms in total. The summed E-state index contributed by atoms with van der Waals surface area (Å²) in [5.41, 5.74) is 0.712. The first kappa shape index (κ1) is 25.9. The Morgan fingerprint density at radius 3 is 2.61 bits per heavy atom. The second kappa shape index (κ2) is 13.2. The third-order valence-corrected chi connectivity index (χ3v) is 5.98. The lowest BCUT2D eigenvalue weighted by Crippen LogP contribution is -2.47. The van der Waals surface area contributed by atoms with Crippen LogP contribution in [0.2, 0.25) is 0 Å². The highest BCUT2D eigenvalue weighted by molar-refractivity contribution is 14.0. The molecular weight excluding hydrogens is 515 g/mol. The van der Waals surface area contributed by atoms with Crippen molar-refractivity contribution in [3.05, 3.63) is 24.3 Å². The van der Waals surface area contributed by atoms with Gasteiger partial charge < -0.3 is 25.2 Å². The molecule has 2 saturated heterocycles. The molecule has 1 atom stereocenters. The van der Waals surface area contributed by atoms with Gasteiger partial charge >= 0.3 is 6.61 Å². The lowest BCUT2D eigenvalue weighted by atomic mass is 9.97. The van der Waals surface area contributed by atoms with Gasteiger partial charge in [-0.2, -0.15) is 8.78 Å². The van der Waals surface area contributed by atoms with Crippen LogP contribution in [0, 0.1) is 5.92 Å². The Morgan fingerprint density at radius 1 is 1.19 bits per heavy atom. The minimum atomic E-state index is -2.82. The normalized spacial score (nSPS) is 20.6. The summed E-state index contributed by atoms with van der Waals surface area (Å²) in [6.45, 7) is 5.42. The second-order valence-corrected chi connectivity index (χ2v) is 8.16. The van der Waals surface area contributed by atoms with Crippen LogP contribution in [0.5, 0.6) is 5.75 Å². The van der Waals surface area contributed by atoms with Crippen molar-refractivity contribution in [2.24, 2.45) is 10.9 Å². The maximum Gasteiger partial charge on any atom is 0.387 e. The minimum absolute atomic E-state index is 0. The average Bonchev–Trinajstić information content (AvgIpc) is 3.20. The van der Waals surface area contributed by atoms with Crippen molar-refractivity contribution in [1.82, 2.24) is 15.5 Å². The minimum Gasteiger partial charge on any atom is -0.433 e. The number of hydrogen-bond acceptors (Lipinski definition) is 4. The Bertz CT molecular complexity index is 686. The number of benzene rings is 1. The molecule has 31 heavy (non-hydrogen) atoms. The molecule has 0 radical (unpaired) electrons. The van der Waals surface area contributed by atoms with E-state index in [0.717, 1.165) is 32.0 Å². The van der Waals surface area contributed by atoms with Crippen LogP contribution in [0.25, 0.3) is 0 Å². The highest BCUT2D eigenvalue weighted by Gasteiger charge is 2.26. The quantitative estimate of drug-likeness (QED) is 0.293. The Kier molecular flexibility index (Phi) is 11.1. The summed E-state index contributed by atoms with van der Waals surface area (Å²) in [5.74, 6) is 1.72. The summed E-state index contributed by atoms with van der Waals surface area (Å²) in [4.78, 5) is 9.01. The van der Waals surface area contributed by atoms with Crippen LogP contribution in [0.1, 0.15) is 32.6 Å². The Balaban J connectivity index is 0.00000341. The van der Waals surface area contributed by atoms with Crippen molar-refractivity contribution in [1.29, 1.82) is 0 Å². The van der Waals surface area contributed by atoms with Gasteiger partial charge in [0, 0.05) is 32.7 Å². The zero-order chi connectivity index (χ0) is 21.3. The van der Waals surface area contributed by atoms with E-state index in [0.29, 0.717) is 11.6 Å². The molecule has 0 amide bonds. The topological polar surface area (TPSA) is 52.1 Å². The lowest BCUT2D eigenvalue weighted by Gasteiger charge is -2.32. The van der Waals surface area contributed by atoms with E-state index in [-0.39, 0.29) is 35.8 Å². The molecule has 0 spiro atoms. The van der Waals surface area contributed by atoms with E-state index >= 15 is 0 Å². The van der Waals surface area contributed by atoms with E-state index in [4.69, 9.17) is 0 Å². The number of rotatable bonds is 8. The molecule has 2 aliphatic rings. The van der Waals surface area contributed by atoms with Gasteiger partial charge in [-0.05, 0) is 63.4 Å². The monoisotopic (exact) mass is 551 g/mol. The maximum atomic E-state index is 12.7. The molecule has 1 aromatic carbocycles. The van der Waals surface area contributed by atoms with E-state index < -0.39 is 6.61 Å². The van der Waals surface area contributed by atoms with Gasteiger partial charge in [0.2, 0.25) is 0 Å². The fourth-order valence-corrected chi connectivity index (χ4v) is 4.37. The van der Waals surface area contributed by atoms with Gasteiger partial charge in [-0.25, -0.2) is 0 Å². The zero-order valence-electron chi connectivity index (χ0n) is 18.5. The van der Waals surface area contributed by atoms with E-state index in [9.17, 15) is 8.78 Å². The number of nitrogens with zero attached hydrogens (tertiary/aromatic N) is 3. The highest BCUT2D eigenvalue weighted by Crippen LogP contribution is 2.31. The van der Waals surface area contributed by atoms with Gasteiger partial charge in [-0.15, -0.1) is 24.0 Å². The average molecular weight is 551 g/mol. The number of anilines is 1. The molecule has 2 fully saturated rings. The predicted molar refractivity (Wildman–Crippen MR) is 133 cm³/mol. The molecule has 1 aromatic rings. The standard InChI is InChI=1S/C22H35F2N5O.HI/c1-3-11-28-12-8-17(9-13-28)15-26-22(25-2)27-18-10-14-29(16-18)19-6-4-5-7-20(19)30-21(23)24;/h4-7,17-18,21H,3,8-16H2,1-2H3,(H2,25,26,27);1H. The van der Waals surface area contributed by atoms with Gasteiger partial charge in [-0.3, -0.25) is 4.99 Å². The number of aliphatic imine (C=N–C) groups is 1. The number of ether oxygens (including phenoxy) is 1. The SMILES string of the molecule is CCCN1CCC(CNC(=NC)NC2CCN(c3ccccc3OC(F)F)C2)CC1.I. The molecular formula is C22H36F2IN5O. The van der Waals surface area contributed by atoms with E-state index in [2.05, 4.69) is 37.1 Å². The smallest absolute Gasteiger partial charge is 0.387 e. The summed E-state index contributed by atoms with van der Waals surface area (Å²) in [7, 11) is 1.79. The number of piperidine rings is 1. The summed E-state index contributed by atoms with van der Waals surface area (Å²) >= 11 is 0. The molecule has 0 aliphatic carbocycles. The summed E-state index contributed by atoms with van der Waals surface area (Å²) in [5, 5.41) is 6.98. The van der Waals surface area contributed by atoms with Gasteiger partial charge in [0.25, 0.3) is 0 Å². The fourth-order valence-electron chi connectivity index (χ4n) is 4.37. The van der Waals surface area contributed by atoms with Crippen molar-refractivity contribution in [2.45, 2.75) is 45.3 Å². The number of hydrogen-bond donors (Lipinski definition) is 2. The molecule has 9 heteroatoms. The second-order valence-electron chi connectivity index (χ2n) is 8.16. The molecule has 2 aliphatic heterocycles. The Morgan fingerprint density at radius 2 is 1.94 bits per heavy atom. The number of guanidine groups is 1. The molecule has 0 saturated carbocycles. The Labute approximate surface area is 201 Å². The summed E-state index contributed by atoms with van der Waals surface area (Å²) < 4.78 is 30.1. The van der Waals surface area contributed by atoms with E-state index in [1.165, 1.54) is 38.9 Å². The van der Waals surface area contributed by atoms with E-state index in [1.807, 2.05) is 12.1 Å². The van der Waals surface area contributed by atoms with Crippen molar-refractivity contribution >= 4 is 35.6 Å². The van der Waals surface area contributed by atoms with Gasteiger partial charge in [0.05, 0.1) is 5.69 Å². The molecule has 2 heterocycles. The van der Waals surface area contributed by atoms with Gasteiger partial charge in [-0.1, -0.05) is 19.1 Å². The van der Waals surface area contributed by atoms with Crippen molar-refractivity contribution < 1.29 is 13.5 Å². The number of para-hydroxylation sites is 2. The number of likely N-dealkylation sites (tertiary alicyclic amines) is 1.